The van der Waals surface area contributed by atoms with E-state index in [2.05, 4.69) is 0 Å². The molecule has 2 saturated heterocycles. The van der Waals surface area contributed by atoms with Gasteiger partial charge in [0.1, 0.15) is 6.04 Å². The van der Waals surface area contributed by atoms with E-state index in [1.807, 2.05) is 13.0 Å². The molecule has 7 nitrogen and oxygen atoms in total. The summed E-state index contributed by atoms with van der Waals surface area (Å²) in [6.45, 7) is 2.91. The van der Waals surface area contributed by atoms with Crippen molar-refractivity contribution in [2.45, 2.75) is 51.2 Å². The molecule has 1 aromatic rings. The summed E-state index contributed by atoms with van der Waals surface area (Å²) in [5, 5.41) is 8.91. The van der Waals surface area contributed by atoms with Gasteiger partial charge in [-0.25, -0.2) is 4.90 Å². The lowest BCUT2D eigenvalue weighted by atomic mass is 10.1. The molecule has 2 aliphatic heterocycles. The number of hydrogen-bond acceptors (Lipinski definition) is 5. The molecule has 0 radical (unpaired) electrons. The highest BCUT2D eigenvalue weighted by atomic mass is 16.5. The van der Waals surface area contributed by atoms with Crippen LogP contribution in [0.4, 0.5) is 5.69 Å². The summed E-state index contributed by atoms with van der Waals surface area (Å²) in [5.74, 6) is -0.857. The molecule has 27 heavy (non-hydrogen) atoms. The Labute approximate surface area is 158 Å². The highest BCUT2D eigenvalue weighted by molar-refractivity contribution is 6.23. The first-order chi connectivity index (χ1) is 13.0. The van der Waals surface area contributed by atoms with Gasteiger partial charge in [-0.2, -0.15) is 5.26 Å². The third-order valence-corrected chi connectivity index (χ3v) is 4.96. The van der Waals surface area contributed by atoms with Crippen LogP contribution in [-0.2, 0) is 19.1 Å². The van der Waals surface area contributed by atoms with E-state index < -0.39 is 11.9 Å². The second-order valence-corrected chi connectivity index (χ2v) is 6.88. The van der Waals surface area contributed by atoms with Crippen LogP contribution in [0, 0.1) is 11.3 Å². The van der Waals surface area contributed by atoms with Gasteiger partial charge in [-0.15, -0.1) is 0 Å². The van der Waals surface area contributed by atoms with Gasteiger partial charge < -0.3 is 9.64 Å². The van der Waals surface area contributed by atoms with Crippen LogP contribution in [0.3, 0.4) is 0 Å². The number of rotatable bonds is 6. The van der Waals surface area contributed by atoms with Crippen molar-refractivity contribution in [1.82, 2.24) is 4.90 Å². The average Bonchev–Trinajstić information content (AvgIpc) is 3.28. The minimum atomic E-state index is -0.795. The Morgan fingerprint density at radius 1 is 1.33 bits per heavy atom. The highest BCUT2D eigenvalue weighted by Gasteiger charge is 2.44. The molecule has 142 valence electrons. The van der Waals surface area contributed by atoms with Gasteiger partial charge in [0.05, 0.1) is 29.8 Å². The zero-order chi connectivity index (χ0) is 19.4. The summed E-state index contributed by atoms with van der Waals surface area (Å²) < 4.78 is 5.64. The van der Waals surface area contributed by atoms with E-state index in [1.165, 1.54) is 4.90 Å². The fraction of sp³-hybridized carbons (Fsp3) is 0.500. The van der Waals surface area contributed by atoms with E-state index in [0.29, 0.717) is 37.2 Å². The van der Waals surface area contributed by atoms with Crippen LogP contribution < -0.4 is 4.90 Å². The predicted molar refractivity (Wildman–Crippen MR) is 97.7 cm³/mol. The molecule has 2 fully saturated rings. The number of carbonyl (C=O) groups excluding carboxylic acids is 3. The fourth-order valence-corrected chi connectivity index (χ4v) is 3.58. The van der Waals surface area contributed by atoms with Crippen molar-refractivity contribution in [2.75, 3.05) is 18.1 Å². The molecule has 2 aliphatic rings. The third kappa shape index (κ3) is 4.01. The number of nitrogens with zero attached hydrogens (tertiary/aromatic N) is 3. The quantitative estimate of drug-likeness (QED) is 0.715. The van der Waals surface area contributed by atoms with Gasteiger partial charge in [-0.05, 0) is 43.5 Å². The van der Waals surface area contributed by atoms with Crippen LogP contribution in [-0.4, -0.2) is 47.9 Å². The van der Waals surface area contributed by atoms with Gasteiger partial charge >= 0.3 is 0 Å². The van der Waals surface area contributed by atoms with E-state index in [4.69, 9.17) is 10.00 Å². The Morgan fingerprint density at radius 3 is 2.67 bits per heavy atom. The first kappa shape index (κ1) is 19.1. The Kier molecular flexibility index (Phi) is 5.87. The molecule has 2 atom stereocenters. The van der Waals surface area contributed by atoms with Crippen molar-refractivity contribution in [3.8, 4) is 6.07 Å². The zero-order valence-corrected chi connectivity index (χ0v) is 15.4. The second-order valence-electron chi connectivity index (χ2n) is 6.88. The first-order valence-electron chi connectivity index (χ1n) is 9.33. The SMILES string of the molecule is CCCC(=O)N(CC1CCCO1)C1CC(=O)N(c2ccc(C#N)cc2)C1=O. The van der Waals surface area contributed by atoms with Crippen molar-refractivity contribution >= 4 is 23.4 Å². The molecule has 7 heteroatoms. The normalized spacial score (nSPS) is 22.1. The smallest absolute Gasteiger partial charge is 0.257 e. The summed E-state index contributed by atoms with van der Waals surface area (Å²) >= 11 is 0. The Morgan fingerprint density at radius 2 is 2.07 bits per heavy atom. The van der Waals surface area contributed by atoms with Crippen molar-refractivity contribution in [1.29, 1.82) is 5.26 Å². The second kappa shape index (κ2) is 8.31. The Hall–Kier alpha value is -2.72. The van der Waals surface area contributed by atoms with E-state index in [-0.39, 0.29) is 24.3 Å². The van der Waals surface area contributed by atoms with Gasteiger partial charge in [-0.1, -0.05) is 6.92 Å². The van der Waals surface area contributed by atoms with Crippen molar-refractivity contribution < 1.29 is 19.1 Å². The predicted octanol–water partition coefficient (Wildman–Crippen LogP) is 2.00. The molecule has 2 unspecified atom stereocenters. The van der Waals surface area contributed by atoms with Crippen molar-refractivity contribution in [2.24, 2.45) is 0 Å². The molecular weight excluding hydrogens is 346 g/mol. The number of hydrogen-bond donors (Lipinski definition) is 0. The molecule has 3 rings (SSSR count). The molecular formula is C20H23N3O4. The standard InChI is InChI=1S/C20H23N3O4/c1-2-4-18(24)22(13-16-5-3-10-27-16)17-11-19(25)23(20(17)26)15-8-6-14(12-21)7-9-15/h6-9,16-17H,2-5,10-11,13H2,1H3. The monoisotopic (exact) mass is 369 g/mol. The molecule has 0 N–H and O–H groups in total. The largest absolute Gasteiger partial charge is 0.376 e. The lowest BCUT2D eigenvalue weighted by Crippen LogP contribution is -2.48. The minimum absolute atomic E-state index is 0.0268. The molecule has 0 aromatic heterocycles. The number of benzene rings is 1. The molecule has 2 heterocycles. The van der Waals surface area contributed by atoms with Gasteiger partial charge in [0.15, 0.2) is 0 Å². The topological polar surface area (TPSA) is 90.7 Å². The number of nitriles is 1. The van der Waals surface area contributed by atoms with Crippen LogP contribution >= 0.6 is 0 Å². The number of carbonyl (C=O) groups is 3. The van der Waals surface area contributed by atoms with Crippen LogP contribution in [0.25, 0.3) is 0 Å². The molecule has 1 aromatic carbocycles. The molecule has 0 spiro atoms. The highest BCUT2D eigenvalue weighted by Crippen LogP contribution is 2.27. The van der Waals surface area contributed by atoms with Crippen molar-refractivity contribution in [3.63, 3.8) is 0 Å². The van der Waals surface area contributed by atoms with E-state index in [1.54, 1.807) is 24.3 Å². The number of anilines is 1. The van der Waals surface area contributed by atoms with Crippen LogP contribution in [0.5, 0.6) is 0 Å². The lowest BCUT2D eigenvalue weighted by molar-refractivity contribution is -0.140. The first-order valence-corrected chi connectivity index (χ1v) is 9.33. The summed E-state index contributed by atoms with van der Waals surface area (Å²) in [6.07, 6.45) is 2.69. The maximum absolute atomic E-state index is 13.0. The fourth-order valence-electron chi connectivity index (χ4n) is 3.58. The molecule has 0 saturated carbocycles. The van der Waals surface area contributed by atoms with E-state index >= 15 is 0 Å². The zero-order valence-electron chi connectivity index (χ0n) is 15.4. The molecule has 0 bridgehead atoms. The van der Waals surface area contributed by atoms with Crippen LogP contribution in [0.15, 0.2) is 24.3 Å². The number of amides is 3. The third-order valence-electron chi connectivity index (χ3n) is 4.96. The summed E-state index contributed by atoms with van der Waals surface area (Å²) in [7, 11) is 0. The maximum atomic E-state index is 13.0. The molecule has 0 aliphatic carbocycles. The van der Waals surface area contributed by atoms with E-state index in [0.717, 1.165) is 17.7 Å². The van der Waals surface area contributed by atoms with Crippen LogP contribution in [0.1, 0.15) is 44.6 Å². The summed E-state index contributed by atoms with van der Waals surface area (Å²) in [5.41, 5.74) is 0.874. The average molecular weight is 369 g/mol. The van der Waals surface area contributed by atoms with Crippen LogP contribution in [0.2, 0.25) is 0 Å². The van der Waals surface area contributed by atoms with Crippen molar-refractivity contribution in [3.05, 3.63) is 29.8 Å². The van der Waals surface area contributed by atoms with Gasteiger partial charge in [0.2, 0.25) is 11.8 Å². The maximum Gasteiger partial charge on any atom is 0.257 e. The Balaban J connectivity index is 1.82. The Bertz CT molecular complexity index is 762. The summed E-state index contributed by atoms with van der Waals surface area (Å²) in [4.78, 5) is 40.8. The lowest BCUT2D eigenvalue weighted by Gasteiger charge is -2.29. The number of imide groups is 1. The van der Waals surface area contributed by atoms with E-state index in [9.17, 15) is 14.4 Å². The minimum Gasteiger partial charge on any atom is -0.376 e. The molecule has 3 amide bonds. The number of ether oxygens (including phenoxy) is 1. The van der Waals surface area contributed by atoms with Gasteiger partial charge in [0.25, 0.3) is 5.91 Å². The summed E-state index contributed by atoms with van der Waals surface area (Å²) in [6, 6.07) is 7.50. The van der Waals surface area contributed by atoms with Gasteiger partial charge in [0, 0.05) is 19.6 Å². The van der Waals surface area contributed by atoms with Gasteiger partial charge in [-0.3, -0.25) is 14.4 Å².